The van der Waals surface area contributed by atoms with E-state index in [4.69, 9.17) is 0 Å². The Morgan fingerprint density at radius 3 is 2.44 bits per heavy atom. The number of piperidine rings is 1. The van der Waals surface area contributed by atoms with Crippen LogP contribution in [0.5, 0.6) is 0 Å². The highest BCUT2D eigenvalue weighted by atomic mass is 32.2. The van der Waals surface area contributed by atoms with Gasteiger partial charge in [-0.15, -0.1) is 0 Å². The summed E-state index contributed by atoms with van der Waals surface area (Å²) in [6.45, 7) is 5.80. The smallest absolute Gasteiger partial charge is 0.244 e. The molecule has 2 aromatic rings. The van der Waals surface area contributed by atoms with E-state index in [0.717, 1.165) is 31.5 Å². The van der Waals surface area contributed by atoms with Crippen LogP contribution in [0.15, 0.2) is 35.2 Å². The number of nitrogens with zero attached hydrogens (tertiary/aromatic N) is 2. The van der Waals surface area contributed by atoms with Gasteiger partial charge in [-0.2, -0.15) is 5.10 Å². The SMILES string of the molecule is Cc1n[nH]c(C)c1S(=O)(=O)NC[C@@H](c1ccccc1)N1CCCCC1. The van der Waals surface area contributed by atoms with Crippen molar-refractivity contribution in [2.45, 2.75) is 44.0 Å². The van der Waals surface area contributed by atoms with Gasteiger partial charge in [0.15, 0.2) is 0 Å². The standard InChI is InChI=1S/C18H26N4O2S/c1-14-18(15(2)21-20-14)25(23,24)19-13-17(16-9-5-3-6-10-16)22-11-7-4-8-12-22/h3,5-6,9-10,17,19H,4,7-8,11-13H2,1-2H3,(H,20,21)/t17-/m0/s1. The van der Waals surface area contributed by atoms with E-state index in [2.05, 4.69) is 32.0 Å². The van der Waals surface area contributed by atoms with Crippen molar-refractivity contribution in [3.05, 3.63) is 47.3 Å². The van der Waals surface area contributed by atoms with E-state index in [1.165, 1.54) is 6.42 Å². The van der Waals surface area contributed by atoms with E-state index in [0.29, 0.717) is 17.9 Å². The summed E-state index contributed by atoms with van der Waals surface area (Å²) in [5, 5.41) is 6.75. The molecule has 6 nitrogen and oxygen atoms in total. The van der Waals surface area contributed by atoms with E-state index >= 15 is 0 Å². The molecule has 1 aromatic carbocycles. The van der Waals surface area contributed by atoms with Crippen molar-refractivity contribution >= 4 is 10.0 Å². The minimum absolute atomic E-state index is 0.0452. The number of rotatable bonds is 6. The Morgan fingerprint density at radius 1 is 1.16 bits per heavy atom. The second-order valence-corrected chi connectivity index (χ2v) is 8.34. The molecule has 2 heterocycles. The third-order valence-corrected chi connectivity index (χ3v) is 6.50. The van der Waals surface area contributed by atoms with Crippen LogP contribution in [0.25, 0.3) is 0 Å². The third-order valence-electron chi connectivity index (χ3n) is 4.81. The zero-order valence-electron chi connectivity index (χ0n) is 14.8. The predicted molar refractivity (Wildman–Crippen MR) is 97.9 cm³/mol. The van der Waals surface area contributed by atoms with Gasteiger partial charge in [0.2, 0.25) is 10.0 Å². The van der Waals surface area contributed by atoms with Crippen LogP contribution in [0.2, 0.25) is 0 Å². The molecule has 0 aliphatic carbocycles. The maximum Gasteiger partial charge on any atom is 0.244 e. The molecule has 1 saturated heterocycles. The molecule has 1 fully saturated rings. The molecule has 0 bridgehead atoms. The van der Waals surface area contributed by atoms with E-state index < -0.39 is 10.0 Å². The summed E-state index contributed by atoms with van der Waals surface area (Å²) in [4.78, 5) is 2.65. The number of H-pyrrole nitrogens is 1. The molecule has 1 aliphatic heterocycles. The number of aromatic amines is 1. The van der Waals surface area contributed by atoms with Crippen LogP contribution in [0.4, 0.5) is 0 Å². The first-order valence-electron chi connectivity index (χ1n) is 8.79. The Balaban J connectivity index is 1.81. The lowest BCUT2D eigenvalue weighted by Gasteiger charge is -2.35. The number of sulfonamides is 1. The number of benzene rings is 1. The van der Waals surface area contributed by atoms with E-state index in [1.807, 2.05) is 18.2 Å². The molecule has 3 rings (SSSR count). The molecule has 2 N–H and O–H groups in total. The maximum absolute atomic E-state index is 12.8. The number of aryl methyl sites for hydroxylation is 2. The minimum Gasteiger partial charge on any atom is -0.295 e. The fourth-order valence-corrected chi connectivity index (χ4v) is 4.97. The molecule has 0 spiro atoms. The van der Waals surface area contributed by atoms with E-state index in [9.17, 15) is 8.42 Å². The average Bonchev–Trinajstić information content (AvgIpc) is 2.96. The second kappa shape index (κ2) is 7.68. The van der Waals surface area contributed by atoms with Crippen LogP contribution in [-0.2, 0) is 10.0 Å². The molecule has 1 aliphatic rings. The minimum atomic E-state index is -3.59. The fraction of sp³-hybridized carbons (Fsp3) is 0.500. The first kappa shape index (κ1) is 18.1. The lowest BCUT2D eigenvalue weighted by Crippen LogP contribution is -2.40. The number of hydrogen-bond donors (Lipinski definition) is 2. The van der Waals surface area contributed by atoms with Crippen molar-refractivity contribution in [3.63, 3.8) is 0 Å². The van der Waals surface area contributed by atoms with Gasteiger partial charge in [0, 0.05) is 12.6 Å². The number of nitrogens with one attached hydrogen (secondary N) is 2. The number of likely N-dealkylation sites (tertiary alicyclic amines) is 1. The summed E-state index contributed by atoms with van der Waals surface area (Å²) in [6, 6.07) is 10.2. The largest absolute Gasteiger partial charge is 0.295 e. The van der Waals surface area contributed by atoms with Gasteiger partial charge in [0.1, 0.15) is 4.90 Å². The Labute approximate surface area is 149 Å². The Bertz CT molecular complexity index is 776. The van der Waals surface area contributed by atoms with Gasteiger partial charge in [-0.3, -0.25) is 10.00 Å². The molecule has 0 saturated carbocycles. The average molecular weight is 362 g/mol. The third kappa shape index (κ3) is 4.11. The molecular formula is C18H26N4O2S. The van der Waals surface area contributed by atoms with Gasteiger partial charge in [-0.1, -0.05) is 36.8 Å². The summed E-state index contributed by atoms with van der Waals surface area (Å²) in [5.74, 6) is 0. The summed E-state index contributed by atoms with van der Waals surface area (Å²) >= 11 is 0. The normalized spacial score (nSPS) is 17.5. The highest BCUT2D eigenvalue weighted by Crippen LogP contribution is 2.25. The van der Waals surface area contributed by atoms with Crippen molar-refractivity contribution in [2.75, 3.05) is 19.6 Å². The highest BCUT2D eigenvalue weighted by molar-refractivity contribution is 7.89. The van der Waals surface area contributed by atoms with Crippen LogP contribution in [0.1, 0.15) is 42.3 Å². The van der Waals surface area contributed by atoms with E-state index in [-0.39, 0.29) is 10.9 Å². The van der Waals surface area contributed by atoms with Gasteiger partial charge < -0.3 is 0 Å². The molecule has 7 heteroatoms. The Morgan fingerprint density at radius 2 is 1.84 bits per heavy atom. The van der Waals surface area contributed by atoms with Crippen LogP contribution in [-0.4, -0.2) is 43.1 Å². The van der Waals surface area contributed by atoms with Gasteiger partial charge in [-0.25, -0.2) is 13.1 Å². The van der Waals surface area contributed by atoms with Crippen molar-refractivity contribution in [2.24, 2.45) is 0 Å². The monoisotopic (exact) mass is 362 g/mol. The molecule has 0 unspecified atom stereocenters. The maximum atomic E-state index is 12.8. The lowest BCUT2D eigenvalue weighted by molar-refractivity contribution is 0.164. The number of aromatic nitrogens is 2. The molecule has 1 atom stereocenters. The first-order valence-corrected chi connectivity index (χ1v) is 10.3. The van der Waals surface area contributed by atoms with Crippen molar-refractivity contribution in [1.82, 2.24) is 19.8 Å². The summed E-state index contributed by atoms with van der Waals surface area (Å²) in [5.41, 5.74) is 2.21. The quantitative estimate of drug-likeness (QED) is 0.828. The van der Waals surface area contributed by atoms with Crippen LogP contribution < -0.4 is 4.72 Å². The second-order valence-electron chi connectivity index (χ2n) is 6.64. The Kier molecular flexibility index (Phi) is 5.56. The van der Waals surface area contributed by atoms with Crippen molar-refractivity contribution < 1.29 is 8.42 Å². The van der Waals surface area contributed by atoms with Gasteiger partial charge >= 0.3 is 0 Å². The van der Waals surface area contributed by atoms with Crippen molar-refractivity contribution in [1.29, 1.82) is 0 Å². The first-order chi connectivity index (χ1) is 12.0. The number of hydrogen-bond acceptors (Lipinski definition) is 4. The van der Waals surface area contributed by atoms with Crippen LogP contribution in [0, 0.1) is 13.8 Å². The van der Waals surface area contributed by atoms with Crippen LogP contribution >= 0.6 is 0 Å². The van der Waals surface area contributed by atoms with Gasteiger partial charge in [-0.05, 0) is 45.3 Å². The molecule has 25 heavy (non-hydrogen) atoms. The highest BCUT2D eigenvalue weighted by Gasteiger charge is 2.27. The topological polar surface area (TPSA) is 78.1 Å². The Hall–Kier alpha value is -1.70. The van der Waals surface area contributed by atoms with E-state index in [1.54, 1.807) is 13.8 Å². The zero-order valence-corrected chi connectivity index (χ0v) is 15.6. The molecule has 1 aromatic heterocycles. The summed E-state index contributed by atoms with van der Waals surface area (Å²) in [6.07, 6.45) is 3.57. The predicted octanol–water partition coefficient (Wildman–Crippen LogP) is 2.53. The zero-order chi connectivity index (χ0) is 17.9. The summed E-state index contributed by atoms with van der Waals surface area (Å²) < 4.78 is 28.3. The van der Waals surface area contributed by atoms with Crippen molar-refractivity contribution in [3.8, 4) is 0 Å². The summed E-state index contributed by atoms with van der Waals surface area (Å²) in [7, 11) is -3.59. The lowest BCUT2D eigenvalue weighted by atomic mass is 10.0. The molecule has 0 radical (unpaired) electrons. The molecular weight excluding hydrogens is 336 g/mol. The molecule has 0 amide bonds. The fourth-order valence-electron chi connectivity index (χ4n) is 3.56. The van der Waals surface area contributed by atoms with Gasteiger partial charge in [0.25, 0.3) is 0 Å². The molecule has 136 valence electrons. The van der Waals surface area contributed by atoms with Crippen LogP contribution in [0.3, 0.4) is 0 Å². The van der Waals surface area contributed by atoms with Gasteiger partial charge in [0.05, 0.1) is 11.4 Å².